The number of carbonyl (C=O) groups excluding carboxylic acids is 2. The molecule has 0 N–H and O–H groups in total. The predicted octanol–water partition coefficient (Wildman–Crippen LogP) is 2.55. The van der Waals surface area contributed by atoms with Gasteiger partial charge in [-0.25, -0.2) is 18.0 Å². The SMILES string of the molecule is COC(=O)c1ccc(OC(=O)c2sccc2S(=O)(=O)N2CCCC2)c(OC)c1. The molecule has 150 valence electrons. The van der Waals surface area contributed by atoms with Gasteiger partial charge in [-0.1, -0.05) is 0 Å². The lowest BCUT2D eigenvalue weighted by atomic mass is 10.2. The average molecular weight is 425 g/mol. The third-order valence-corrected chi connectivity index (χ3v) is 7.25. The van der Waals surface area contributed by atoms with Crippen LogP contribution in [0, 0.1) is 0 Å². The molecular formula is C18H19NO7S2. The Morgan fingerprint density at radius 1 is 1.04 bits per heavy atom. The zero-order valence-electron chi connectivity index (χ0n) is 15.3. The molecule has 3 rings (SSSR count). The highest BCUT2D eigenvalue weighted by molar-refractivity contribution is 7.89. The summed E-state index contributed by atoms with van der Waals surface area (Å²) in [7, 11) is -1.13. The van der Waals surface area contributed by atoms with Crippen molar-refractivity contribution in [3.05, 3.63) is 40.1 Å². The molecule has 1 aromatic heterocycles. The van der Waals surface area contributed by atoms with Crippen molar-refractivity contribution < 1.29 is 32.2 Å². The fraction of sp³-hybridized carbons (Fsp3) is 0.333. The Bertz CT molecular complexity index is 991. The Morgan fingerprint density at radius 2 is 1.75 bits per heavy atom. The molecule has 28 heavy (non-hydrogen) atoms. The van der Waals surface area contributed by atoms with Gasteiger partial charge in [0.05, 0.1) is 19.8 Å². The highest BCUT2D eigenvalue weighted by Gasteiger charge is 2.32. The molecule has 10 heteroatoms. The molecule has 0 amide bonds. The van der Waals surface area contributed by atoms with Gasteiger partial charge in [0.1, 0.15) is 9.77 Å². The largest absolute Gasteiger partial charge is 0.493 e. The third kappa shape index (κ3) is 3.89. The van der Waals surface area contributed by atoms with Gasteiger partial charge in [-0.15, -0.1) is 11.3 Å². The van der Waals surface area contributed by atoms with Gasteiger partial charge in [0, 0.05) is 13.1 Å². The second-order valence-corrected chi connectivity index (χ2v) is 8.79. The van der Waals surface area contributed by atoms with Crippen molar-refractivity contribution in [2.24, 2.45) is 0 Å². The number of ether oxygens (including phenoxy) is 3. The Balaban J connectivity index is 1.87. The van der Waals surface area contributed by atoms with Crippen LogP contribution >= 0.6 is 11.3 Å². The molecule has 0 aliphatic carbocycles. The van der Waals surface area contributed by atoms with Gasteiger partial charge in [0.25, 0.3) is 0 Å². The summed E-state index contributed by atoms with van der Waals surface area (Å²) in [6.07, 6.45) is 1.60. The van der Waals surface area contributed by atoms with Crippen LogP contribution < -0.4 is 9.47 Å². The van der Waals surface area contributed by atoms with Crippen molar-refractivity contribution in [1.82, 2.24) is 4.31 Å². The monoisotopic (exact) mass is 425 g/mol. The molecule has 1 aliphatic heterocycles. The van der Waals surface area contributed by atoms with Gasteiger partial charge in [0.2, 0.25) is 10.0 Å². The summed E-state index contributed by atoms with van der Waals surface area (Å²) in [4.78, 5) is 24.2. The first-order valence-electron chi connectivity index (χ1n) is 8.44. The van der Waals surface area contributed by atoms with E-state index in [-0.39, 0.29) is 26.8 Å². The number of rotatable bonds is 6. The molecule has 2 heterocycles. The molecule has 0 radical (unpaired) electrons. The second kappa shape index (κ2) is 8.29. The average Bonchev–Trinajstić information content (AvgIpc) is 3.39. The maximum absolute atomic E-state index is 12.8. The highest BCUT2D eigenvalue weighted by Crippen LogP contribution is 2.32. The summed E-state index contributed by atoms with van der Waals surface area (Å²) < 4.78 is 42.1. The van der Waals surface area contributed by atoms with Crippen molar-refractivity contribution in [2.75, 3.05) is 27.3 Å². The standard InChI is InChI=1S/C18H19NO7S2/c1-24-14-11-12(17(20)25-2)5-6-13(14)26-18(21)16-15(7-10-27-16)28(22,23)19-8-3-4-9-19/h5-7,10-11H,3-4,8-9H2,1-2H3. The number of benzene rings is 1. The van der Waals surface area contributed by atoms with Gasteiger partial charge in [-0.05, 0) is 42.5 Å². The van der Waals surface area contributed by atoms with Crippen molar-refractivity contribution in [2.45, 2.75) is 17.7 Å². The molecule has 0 bridgehead atoms. The molecule has 8 nitrogen and oxygen atoms in total. The van der Waals surface area contributed by atoms with E-state index in [4.69, 9.17) is 9.47 Å². The molecule has 0 unspecified atom stereocenters. The van der Waals surface area contributed by atoms with Gasteiger partial charge in [-0.2, -0.15) is 4.31 Å². The molecule has 2 aromatic rings. The number of thiophene rings is 1. The number of carbonyl (C=O) groups is 2. The number of methoxy groups -OCH3 is 2. The van der Waals surface area contributed by atoms with E-state index >= 15 is 0 Å². The normalized spacial score (nSPS) is 14.6. The smallest absolute Gasteiger partial charge is 0.355 e. The van der Waals surface area contributed by atoms with Crippen LogP contribution in [0.25, 0.3) is 0 Å². The minimum Gasteiger partial charge on any atom is -0.493 e. The zero-order valence-corrected chi connectivity index (χ0v) is 17.0. The minimum atomic E-state index is -3.75. The van der Waals surface area contributed by atoms with E-state index < -0.39 is 22.0 Å². The molecule has 1 fully saturated rings. The van der Waals surface area contributed by atoms with E-state index in [0.717, 1.165) is 24.2 Å². The molecule has 0 spiro atoms. The summed E-state index contributed by atoms with van der Waals surface area (Å²) >= 11 is 0.992. The van der Waals surface area contributed by atoms with Crippen molar-refractivity contribution in [3.63, 3.8) is 0 Å². The number of sulfonamides is 1. The third-order valence-electron chi connectivity index (χ3n) is 4.28. The lowest BCUT2D eigenvalue weighted by molar-refractivity contribution is 0.0600. The quantitative estimate of drug-likeness (QED) is 0.518. The summed E-state index contributed by atoms with van der Waals surface area (Å²) in [5.41, 5.74) is 0.229. The summed E-state index contributed by atoms with van der Waals surface area (Å²) in [6.45, 7) is 0.880. The van der Waals surface area contributed by atoms with Crippen molar-refractivity contribution >= 4 is 33.3 Å². The van der Waals surface area contributed by atoms with E-state index in [1.165, 1.54) is 48.2 Å². The number of esters is 2. The maximum Gasteiger partial charge on any atom is 0.355 e. The first kappa shape index (κ1) is 20.3. The fourth-order valence-corrected chi connectivity index (χ4v) is 5.64. The number of hydrogen-bond donors (Lipinski definition) is 0. The maximum atomic E-state index is 12.8. The van der Waals surface area contributed by atoms with Crippen molar-refractivity contribution in [3.8, 4) is 11.5 Å². The van der Waals surface area contributed by atoms with E-state index in [1.54, 1.807) is 0 Å². The van der Waals surface area contributed by atoms with Gasteiger partial charge in [0.15, 0.2) is 11.5 Å². The molecular weight excluding hydrogens is 406 g/mol. The van der Waals surface area contributed by atoms with Crippen LogP contribution in [0.1, 0.15) is 32.9 Å². The first-order valence-corrected chi connectivity index (χ1v) is 10.8. The van der Waals surface area contributed by atoms with E-state index in [0.29, 0.717) is 13.1 Å². The summed E-state index contributed by atoms with van der Waals surface area (Å²) in [5, 5.41) is 1.54. The van der Waals surface area contributed by atoms with E-state index in [2.05, 4.69) is 4.74 Å². The van der Waals surface area contributed by atoms with Crippen LogP contribution in [0.2, 0.25) is 0 Å². The van der Waals surface area contributed by atoms with Crippen LogP contribution in [0.5, 0.6) is 11.5 Å². The molecule has 1 saturated heterocycles. The Kier molecular flexibility index (Phi) is 6.01. The zero-order chi connectivity index (χ0) is 20.3. The highest BCUT2D eigenvalue weighted by atomic mass is 32.2. The minimum absolute atomic E-state index is 0.00834. The number of hydrogen-bond acceptors (Lipinski definition) is 8. The molecule has 1 aromatic carbocycles. The summed E-state index contributed by atoms with van der Waals surface area (Å²) in [5.74, 6) is -1.15. The lowest BCUT2D eigenvalue weighted by Gasteiger charge is -2.15. The van der Waals surface area contributed by atoms with E-state index in [9.17, 15) is 18.0 Å². The first-order chi connectivity index (χ1) is 13.4. The fourth-order valence-electron chi connectivity index (χ4n) is 2.86. The molecule has 1 aliphatic rings. The van der Waals surface area contributed by atoms with Crippen LogP contribution in [0.3, 0.4) is 0 Å². The Hall–Kier alpha value is -2.43. The molecule has 0 saturated carbocycles. The van der Waals surface area contributed by atoms with Crippen LogP contribution in [0.4, 0.5) is 0 Å². The Labute approximate surface area is 166 Å². The van der Waals surface area contributed by atoms with Gasteiger partial charge >= 0.3 is 11.9 Å². The van der Waals surface area contributed by atoms with Crippen molar-refractivity contribution in [1.29, 1.82) is 0 Å². The van der Waals surface area contributed by atoms with Gasteiger partial charge < -0.3 is 14.2 Å². The molecule has 0 atom stereocenters. The number of nitrogens with zero attached hydrogens (tertiary/aromatic N) is 1. The van der Waals surface area contributed by atoms with Crippen LogP contribution in [-0.4, -0.2) is 52.0 Å². The summed E-state index contributed by atoms with van der Waals surface area (Å²) in [6, 6.07) is 5.61. The van der Waals surface area contributed by atoms with E-state index in [1.807, 2.05) is 0 Å². The second-order valence-electron chi connectivity index (χ2n) is 5.97. The van der Waals surface area contributed by atoms with Gasteiger partial charge in [-0.3, -0.25) is 0 Å². The predicted molar refractivity (Wildman–Crippen MR) is 102 cm³/mol. The van der Waals surface area contributed by atoms with Crippen LogP contribution in [-0.2, 0) is 14.8 Å². The lowest BCUT2D eigenvalue weighted by Crippen LogP contribution is -2.29. The van der Waals surface area contributed by atoms with Crippen LogP contribution in [0.15, 0.2) is 34.5 Å². The Morgan fingerprint density at radius 3 is 2.39 bits per heavy atom. The topological polar surface area (TPSA) is 99.2 Å².